The summed E-state index contributed by atoms with van der Waals surface area (Å²) in [4.78, 5) is 30.0. The van der Waals surface area contributed by atoms with Gasteiger partial charge in [-0.15, -0.1) is 0 Å². The third-order valence-corrected chi connectivity index (χ3v) is 6.69. The molecule has 2 aliphatic heterocycles. The molecule has 7 nitrogen and oxygen atoms in total. The zero-order valence-electron chi connectivity index (χ0n) is 20.4. The number of carbonyl (C=O) groups is 2. The van der Waals surface area contributed by atoms with Crippen molar-refractivity contribution in [3.63, 3.8) is 0 Å². The number of aryl methyl sites for hydroxylation is 2. The van der Waals surface area contributed by atoms with Gasteiger partial charge in [0.25, 0.3) is 11.7 Å². The molecule has 2 heterocycles. The molecule has 2 fully saturated rings. The quantitative estimate of drug-likeness (QED) is 0.396. The van der Waals surface area contributed by atoms with Gasteiger partial charge >= 0.3 is 0 Å². The third kappa shape index (κ3) is 4.28. The molecule has 2 aromatic rings. The molecule has 2 atom stereocenters. The smallest absolute Gasteiger partial charge is 0.295 e. The van der Waals surface area contributed by atoms with Crippen LogP contribution in [0.4, 0.5) is 5.69 Å². The maximum absolute atomic E-state index is 13.3. The van der Waals surface area contributed by atoms with Gasteiger partial charge in [0.05, 0.1) is 24.8 Å². The van der Waals surface area contributed by atoms with Gasteiger partial charge < -0.3 is 24.4 Å². The molecule has 0 bridgehead atoms. The number of ether oxygens (including phenoxy) is 2. The van der Waals surface area contributed by atoms with Gasteiger partial charge in [0.2, 0.25) is 0 Å². The fraction of sp³-hybridized carbons (Fsp3) is 0.407. The van der Waals surface area contributed by atoms with E-state index in [-0.39, 0.29) is 17.4 Å². The average Bonchev–Trinajstić information content (AvgIpc) is 3.42. The van der Waals surface area contributed by atoms with Gasteiger partial charge in [-0.05, 0) is 67.6 Å². The molecule has 2 aliphatic rings. The van der Waals surface area contributed by atoms with Gasteiger partial charge in [-0.2, -0.15) is 0 Å². The van der Waals surface area contributed by atoms with E-state index < -0.39 is 17.7 Å². The van der Waals surface area contributed by atoms with Crippen molar-refractivity contribution in [3.8, 4) is 5.75 Å². The summed E-state index contributed by atoms with van der Waals surface area (Å²) < 4.78 is 11.2. The van der Waals surface area contributed by atoms with Crippen LogP contribution in [0.25, 0.3) is 5.76 Å². The van der Waals surface area contributed by atoms with E-state index in [0.29, 0.717) is 24.5 Å². The Kier molecular flexibility index (Phi) is 6.66. The normalized spacial score (nSPS) is 21.9. The predicted octanol–water partition coefficient (Wildman–Crippen LogP) is 3.98. The summed E-state index contributed by atoms with van der Waals surface area (Å²) in [6, 6.07) is 10.6. The van der Waals surface area contributed by atoms with Crippen LogP contribution in [0.1, 0.15) is 41.1 Å². The first-order valence-electron chi connectivity index (χ1n) is 11.6. The average molecular weight is 465 g/mol. The van der Waals surface area contributed by atoms with Crippen LogP contribution in [0, 0.1) is 13.8 Å². The van der Waals surface area contributed by atoms with Crippen LogP contribution in [-0.2, 0) is 14.3 Å². The number of rotatable bonds is 6. The summed E-state index contributed by atoms with van der Waals surface area (Å²) in [5.74, 6) is -0.756. The summed E-state index contributed by atoms with van der Waals surface area (Å²) in [5, 5.41) is 11.4. The lowest BCUT2D eigenvalue weighted by molar-refractivity contribution is -0.140. The second kappa shape index (κ2) is 9.50. The lowest BCUT2D eigenvalue weighted by atomic mass is 9.93. The molecule has 1 amide bonds. The van der Waals surface area contributed by atoms with Crippen molar-refractivity contribution in [1.29, 1.82) is 0 Å². The Labute approximate surface area is 200 Å². The second-order valence-electron chi connectivity index (χ2n) is 9.21. The molecule has 7 heteroatoms. The number of methoxy groups -OCH3 is 1. The number of aliphatic hydroxyl groups excluding tert-OH is 1. The van der Waals surface area contributed by atoms with E-state index in [1.165, 1.54) is 0 Å². The first-order chi connectivity index (χ1) is 16.2. The minimum absolute atomic E-state index is 0.105. The summed E-state index contributed by atoms with van der Waals surface area (Å²) in [6.07, 6.45) is 1.65. The first kappa shape index (κ1) is 23.8. The third-order valence-electron chi connectivity index (χ3n) is 6.69. The number of anilines is 1. The number of likely N-dealkylation sites (tertiary alicyclic amines) is 1. The minimum Gasteiger partial charge on any atom is -0.507 e. The molecular weight excluding hydrogens is 432 g/mol. The highest BCUT2D eigenvalue weighted by Crippen LogP contribution is 2.41. The Balaban J connectivity index is 1.85. The van der Waals surface area contributed by atoms with Crippen molar-refractivity contribution < 1.29 is 24.2 Å². The van der Waals surface area contributed by atoms with Gasteiger partial charge in [0.1, 0.15) is 11.5 Å². The molecule has 2 aromatic carbocycles. The molecule has 0 radical (unpaired) electrons. The Morgan fingerprint density at radius 1 is 1.15 bits per heavy atom. The van der Waals surface area contributed by atoms with Crippen LogP contribution in [0.3, 0.4) is 0 Å². The van der Waals surface area contributed by atoms with Crippen molar-refractivity contribution in [2.75, 3.05) is 39.3 Å². The molecule has 0 aromatic heterocycles. The van der Waals surface area contributed by atoms with Gasteiger partial charge in [0, 0.05) is 38.5 Å². The number of carbonyl (C=O) groups excluding carboxylic acids is 2. The largest absolute Gasteiger partial charge is 0.507 e. The number of hydrogen-bond acceptors (Lipinski definition) is 6. The molecule has 4 rings (SSSR count). The van der Waals surface area contributed by atoms with Crippen LogP contribution in [0.2, 0.25) is 0 Å². The molecule has 0 spiro atoms. The highest BCUT2D eigenvalue weighted by molar-refractivity contribution is 6.46. The first-order valence-corrected chi connectivity index (χ1v) is 11.6. The number of hydrogen-bond donors (Lipinski definition) is 1. The van der Waals surface area contributed by atoms with Crippen LogP contribution in [0.5, 0.6) is 5.75 Å². The molecule has 2 unspecified atom stereocenters. The van der Waals surface area contributed by atoms with Crippen LogP contribution >= 0.6 is 0 Å². The number of Topliss-reactive ketones (excluding diaryl/α,β-unsaturated/α-hetero) is 1. The summed E-state index contributed by atoms with van der Waals surface area (Å²) in [6.45, 7) is 4.69. The standard InChI is InChI=1S/C27H32N2O5/c1-16-14-22(33-5)17(2)13-21(16)25(30)23-24(18-8-10-19(11-9-18)28(3)4)29(27(32)26(23)31)15-20-7-6-12-34-20/h8-11,13-14,20,24,30H,6-7,12,15H2,1-5H3/b25-23+. The van der Waals surface area contributed by atoms with E-state index in [4.69, 9.17) is 9.47 Å². The zero-order valence-corrected chi connectivity index (χ0v) is 20.4. The molecule has 34 heavy (non-hydrogen) atoms. The summed E-state index contributed by atoms with van der Waals surface area (Å²) in [5.41, 5.74) is 3.98. The number of amides is 1. The number of benzene rings is 2. The maximum Gasteiger partial charge on any atom is 0.295 e. The van der Waals surface area contributed by atoms with Crippen molar-refractivity contribution >= 4 is 23.1 Å². The fourth-order valence-corrected chi connectivity index (χ4v) is 4.79. The van der Waals surface area contributed by atoms with Gasteiger partial charge in [-0.1, -0.05) is 12.1 Å². The molecule has 180 valence electrons. The van der Waals surface area contributed by atoms with Crippen LogP contribution in [0.15, 0.2) is 42.0 Å². The Bertz CT molecular complexity index is 1130. The summed E-state index contributed by atoms with van der Waals surface area (Å²) in [7, 11) is 5.50. The molecular formula is C27H32N2O5. The zero-order chi connectivity index (χ0) is 24.6. The predicted molar refractivity (Wildman–Crippen MR) is 131 cm³/mol. The molecule has 1 N–H and O–H groups in total. The topological polar surface area (TPSA) is 79.3 Å². The molecule has 0 aliphatic carbocycles. The van der Waals surface area contributed by atoms with Crippen molar-refractivity contribution in [1.82, 2.24) is 4.90 Å². The van der Waals surface area contributed by atoms with Crippen molar-refractivity contribution in [2.24, 2.45) is 0 Å². The van der Waals surface area contributed by atoms with Crippen LogP contribution in [-0.4, -0.2) is 62.2 Å². The van der Waals surface area contributed by atoms with E-state index in [1.54, 1.807) is 18.1 Å². The number of ketones is 1. The highest BCUT2D eigenvalue weighted by atomic mass is 16.5. The van der Waals surface area contributed by atoms with Crippen LogP contribution < -0.4 is 9.64 Å². The van der Waals surface area contributed by atoms with Gasteiger partial charge in [-0.25, -0.2) is 0 Å². The monoisotopic (exact) mass is 464 g/mol. The van der Waals surface area contributed by atoms with E-state index in [1.807, 2.05) is 63.2 Å². The fourth-order valence-electron chi connectivity index (χ4n) is 4.79. The van der Waals surface area contributed by atoms with Crippen molar-refractivity contribution in [3.05, 3.63) is 64.2 Å². The SMILES string of the molecule is COc1cc(C)c(/C(O)=C2\C(=O)C(=O)N(CC3CCCO3)C2c2ccc(N(C)C)cc2)cc1C. The van der Waals surface area contributed by atoms with E-state index in [0.717, 1.165) is 35.2 Å². The second-order valence-corrected chi connectivity index (χ2v) is 9.21. The summed E-state index contributed by atoms with van der Waals surface area (Å²) >= 11 is 0. The molecule has 2 saturated heterocycles. The lowest BCUT2D eigenvalue weighted by Crippen LogP contribution is -2.36. The van der Waals surface area contributed by atoms with E-state index in [2.05, 4.69) is 0 Å². The van der Waals surface area contributed by atoms with E-state index >= 15 is 0 Å². The number of aliphatic hydroxyl groups is 1. The highest BCUT2D eigenvalue weighted by Gasteiger charge is 2.47. The molecule has 0 saturated carbocycles. The lowest BCUT2D eigenvalue weighted by Gasteiger charge is -2.28. The Morgan fingerprint density at radius 3 is 2.44 bits per heavy atom. The van der Waals surface area contributed by atoms with E-state index in [9.17, 15) is 14.7 Å². The minimum atomic E-state index is -0.692. The Morgan fingerprint density at radius 2 is 1.85 bits per heavy atom. The maximum atomic E-state index is 13.3. The van der Waals surface area contributed by atoms with Gasteiger partial charge in [-0.3, -0.25) is 9.59 Å². The van der Waals surface area contributed by atoms with Crippen molar-refractivity contribution in [2.45, 2.75) is 38.8 Å². The van der Waals surface area contributed by atoms with Gasteiger partial charge in [0.15, 0.2) is 0 Å². The Hall–Kier alpha value is -3.32. The number of nitrogens with zero attached hydrogens (tertiary/aromatic N) is 2.